The highest BCUT2D eigenvalue weighted by Gasteiger charge is 2.07. The third-order valence-corrected chi connectivity index (χ3v) is 5.77. The van der Waals surface area contributed by atoms with Crippen LogP contribution in [-0.2, 0) is 37.9 Å². The van der Waals surface area contributed by atoms with Gasteiger partial charge in [0.15, 0.2) is 0 Å². The van der Waals surface area contributed by atoms with E-state index in [-0.39, 0.29) is 25.2 Å². The van der Waals surface area contributed by atoms with Gasteiger partial charge in [-0.05, 0) is 42.8 Å². The molecule has 0 saturated heterocycles. The second-order valence-corrected chi connectivity index (χ2v) is 9.17. The second-order valence-electron chi connectivity index (χ2n) is 9.17. The van der Waals surface area contributed by atoms with Crippen molar-refractivity contribution in [2.75, 3.05) is 104 Å². The van der Waals surface area contributed by atoms with Crippen molar-refractivity contribution in [3.05, 3.63) is 65.7 Å². The number of carbonyl (C=O) groups excluding carboxylic acids is 2. The topological polar surface area (TPSA) is 120 Å². The molecule has 2 aromatic rings. The molecule has 0 atom stereocenters. The predicted molar refractivity (Wildman–Crippen MR) is 162 cm³/mol. The zero-order valence-electron chi connectivity index (χ0n) is 25.3. The Morgan fingerprint density at radius 1 is 0.512 bits per heavy atom. The fourth-order valence-corrected chi connectivity index (χ4v) is 3.46. The summed E-state index contributed by atoms with van der Waals surface area (Å²) in [5.74, 6) is -0.725. The lowest BCUT2D eigenvalue weighted by atomic mass is 10.2. The molecule has 0 unspecified atom stereocenters. The van der Waals surface area contributed by atoms with Crippen molar-refractivity contribution in [1.82, 2.24) is 0 Å². The van der Waals surface area contributed by atoms with Gasteiger partial charge in [0.25, 0.3) is 0 Å². The van der Waals surface area contributed by atoms with Crippen molar-refractivity contribution < 1.29 is 47.5 Å². The van der Waals surface area contributed by atoms with E-state index >= 15 is 0 Å². The van der Waals surface area contributed by atoms with Crippen LogP contribution in [0, 0.1) is 0 Å². The number of nitrogens with one attached hydrogen (secondary N) is 1. The summed E-state index contributed by atoms with van der Waals surface area (Å²) < 4.78 is 43.0. The molecular weight excluding hydrogens is 558 g/mol. The summed E-state index contributed by atoms with van der Waals surface area (Å²) in [7, 11) is 0. The molecule has 240 valence electrons. The Morgan fingerprint density at radius 3 is 1.28 bits per heavy atom. The number of rotatable bonds is 27. The van der Waals surface area contributed by atoms with E-state index in [1.54, 1.807) is 36.4 Å². The summed E-state index contributed by atoms with van der Waals surface area (Å²) in [5.41, 5.74) is 2.03. The van der Waals surface area contributed by atoms with E-state index in [1.165, 1.54) is 0 Å². The van der Waals surface area contributed by atoms with Crippen LogP contribution in [0.15, 0.2) is 54.6 Å². The molecule has 2 aromatic carbocycles. The van der Waals surface area contributed by atoms with Gasteiger partial charge in [0.2, 0.25) is 0 Å². The lowest BCUT2D eigenvalue weighted by Gasteiger charge is -2.09. The van der Waals surface area contributed by atoms with Gasteiger partial charge in [-0.1, -0.05) is 31.5 Å². The highest BCUT2D eigenvalue weighted by Crippen LogP contribution is 2.11. The van der Waals surface area contributed by atoms with Crippen LogP contribution in [-0.4, -0.2) is 111 Å². The van der Waals surface area contributed by atoms with Gasteiger partial charge in [-0.15, -0.1) is 0 Å². The minimum Gasteiger partial charge on any atom is -0.460 e. The summed E-state index contributed by atoms with van der Waals surface area (Å²) >= 11 is 0. The maximum absolute atomic E-state index is 12.1. The van der Waals surface area contributed by atoms with Crippen LogP contribution >= 0.6 is 0 Å². The maximum atomic E-state index is 12.1. The van der Waals surface area contributed by atoms with Gasteiger partial charge in [0.05, 0.1) is 90.4 Å². The summed E-state index contributed by atoms with van der Waals surface area (Å²) in [6.07, 6.45) is 2.24. The molecule has 43 heavy (non-hydrogen) atoms. The van der Waals surface area contributed by atoms with Crippen molar-refractivity contribution in [2.45, 2.75) is 19.8 Å². The van der Waals surface area contributed by atoms with Crippen molar-refractivity contribution in [1.29, 1.82) is 0 Å². The zero-order valence-corrected chi connectivity index (χ0v) is 25.3. The van der Waals surface area contributed by atoms with E-state index in [9.17, 15) is 9.59 Å². The summed E-state index contributed by atoms with van der Waals surface area (Å²) in [4.78, 5) is 23.9. The Labute approximate surface area is 255 Å². The molecule has 0 spiro atoms. The standard InChI is InChI=1S/C32H47NO10/c1-2-3-13-33-30-11-9-29(10-12-30)32(35)43-27-25-41-23-21-39-19-17-37-15-14-36-16-18-38-20-22-40-24-26-42-31(34)28-7-5-4-6-8-28/h4-12,33H,2-3,13-27H2,1H3. The number of anilines is 1. The van der Waals surface area contributed by atoms with Gasteiger partial charge in [0, 0.05) is 12.2 Å². The van der Waals surface area contributed by atoms with E-state index < -0.39 is 0 Å². The number of carbonyl (C=O) groups is 2. The molecule has 0 bridgehead atoms. The highest BCUT2D eigenvalue weighted by atomic mass is 16.6. The number of esters is 2. The molecule has 11 heteroatoms. The predicted octanol–water partition coefficient (Wildman–Crippen LogP) is 4.01. The third-order valence-electron chi connectivity index (χ3n) is 5.77. The fraction of sp³-hybridized carbons (Fsp3) is 0.562. The minimum absolute atomic E-state index is 0.186. The van der Waals surface area contributed by atoms with E-state index in [2.05, 4.69) is 12.2 Å². The Kier molecular flexibility index (Phi) is 21.4. The fourth-order valence-electron chi connectivity index (χ4n) is 3.46. The first kappa shape index (κ1) is 36.1. The van der Waals surface area contributed by atoms with Gasteiger partial charge >= 0.3 is 11.9 Å². The molecule has 2 rings (SSSR count). The average molecular weight is 606 g/mol. The van der Waals surface area contributed by atoms with Gasteiger partial charge in [-0.25, -0.2) is 9.59 Å². The number of hydrogen-bond acceptors (Lipinski definition) is 11. The van der Waals surface area contributed by atoms with Crippen molar-refractivity contribution >= 4 is 17.6 Å². The normalized spacial score (nSPS) is 10.9. The van der Waals surface area contributed by atoms with E-state index in [4.69, 9.17) is 37.9 Å². The maximum Gasteiger partial charge on any atom is 0.338 e. The largest absolute Gasteiger partial charge is 0.460 e. The van der Waals surface area contributed by atoms with E-state index in [0.717, 1.165) is 25.1 Å². The zero-order chi connectivity index (χ0) is 30.6. The van der Waals surface area contributed by atoms with Crippen molar-refractivity contribution in [3.8, 4) is 0 Å². The van der Waals surface area contributed by atoms with Gasteiger partial charge in [-0.3, -0.25) is 0 Å². The first-order valence-electron chi connectivity index (χ1n) is 14.9. The molecule has 0 fully saturated rings. The average Bonchev–Trinajstić information content (AvgIpc) is 3.04. The number of hydrogen-bond donors (Lipinski definition) is 1. The number of ether oxygens (including phenoxy) is 8. The van der Waals surface area contributed by atoms with E-state index in [1.807, 2.05) is 18.2 Å². The highest BCUT2D eigenvalue weighted by molar-refractivity contribution is 5.90. The van der Waals surface area contributed by atoms with Gasteiger partial charge in [0.1, 0.15) is 13.2 Å². The third kappa shape index (κ3) is 19.0. The molecule has 1 N–H and O–H groups in total. The molecule has 0 aromatic heterocycles. The van der Waals surface area contributed by atoms with Crippen LogP contribution in [0.5, 0.6) is 0 Å². The smallest absolute Gasteiger partial charge is 0.338 e. The Hall–Kier alpha value is -3.06. The molecule has 0 amide bonds. The first-order chi connectivity index (χ1) is 21.2. The van der Waals surface area contributed by atoms with Crippen LogP contribution in [0.3, 0.4) is 0 Å². The second kappa shape index (κ2) is 25.4. The van der Waals surface area contributed by atoms with Crippen LogP contribution in [0.4, 0.5) is 5.69 Å². The molecule has 0 aliphatic carbocycles. The van der Waals surface area contributed by atoms with Crippen LogP contribution in [0.1, 0.15) is 40.5 Å². The minimum atomic E-state index is -0.365. The molecule has 0 aliphatic heterocycles. The van der Waals surface area contributed by atoms with Crippen molar-refractivity contribution in [2.24, 2.45) is 0 Å². The van der Waals surface area contributed by atoms with Crippen LogP contribution < -0.4 is 5.32 Å². The lowest BCUT2D eigenvalue weighted by molar-refractivity contribution is -0.0213. The molecule has 0 aliphatic rings. The SMILES string of the molecule is CCCCNc1ccc(C(=O)OCCOCCOCCOCCOCCOCCOCCOC(=O)c2ccccc2)cc1. The molecule has 0 radical (unpaired) electrons. The molecule has 0 heterocycles. The van der Waals surface area contributed by atoms with Crippen LogP contribution in [0.2, 0.25) is 0 Å². The summed E-state index contributed by atoms with van der Waals surface area (Å²) in [5, 5.41) is 3.31. The molecular formula is C32H47NO10. The van der Waals surface area contributed by atoms with Crippen LogP contribution in [0.25, 0.3) is 0 Å². The molecule has 11 nitrogen and oxygen atoms in total. The van der Waals surface area contributed by atoms with Gasteiger partial charge < -0.3 is 43.2 Å². The first-order valence-corrected chi connectivity index (χ1v) is 14.9. The lowest BCUT2D eigenvalue weighted by Crippen LogP contribution is -2.15. The number of benzene rings is 2. The summed E-state index contributed by atoms with van der Waals surface area (Å²) in [6, 6.07) is 16.1. The monoisotopic (exact) mass is 605 g/mol. The number of unbranched alkanes of at least 4 members (excludes halogenated alkanes) is 1. The van der Waals surface area contributed by atoms with Crippen molar-refractivity contribution in [3.63, 3.8) is 0 Å². The Balaban J connectivity index is 1.25. The quantitative estimate of drug-likeness (QED) is 0.117. The summed E-state index contributed by atoms with van der Waals surface area (Å²) in [6.45, 7) is 8.53. The Morgan fingerprint density at radius 2 is 0.884 bits per heavy atom. The Bertz CT molecular complexity index is 958. The van der Waals surface area contributed by atoms with Gasteiger partial charge in [-0.2, -0.15) is 0 Å². The molecule has 0 saturated carbocycles. The van der Waals surface area contributed by atoms with E-state index in [0.29, 0.717) is 90.4 Å².